The zero-order valence-electron chi connectivity index (χ0n) is 12.4. The number of hydrogen-bond donors (Lipinski definition) is 1. The highest BCUT2D eigenvalue weighted by Gasteiger charge is 2.19. The van der Waals surface area contributed by atoms with Gasteiger partial charge < -0.3 is 10.1 Å². The molecule has 2 unspecified atom stereocenters. The minimum atomic E-state index is 0.158. The molecule has 2 atom stereocenters. The number of pyridine rings is 1. The van der Waals surface area contributed by atoms with Gasteiger partial charge in [-0.2, -0.15) is 0 Å². The Morgan fingerprint density at radius 1 is 1.42 bits per heavy atom. The van der Waals surface area contributed by atoms with Crippen LogP contribution >= 0.6 is 0 Å². The van der Waals surface area contributed by atoms with E-state index in [-0.39, 0.29) is 6.10 Å². The van der Waals surface area contributed by atoms with Crippen molar-refractivity contribution < 1.29 is 4.74 Å². The van der Waals surface area contributed by atoms with Crippen molar-refractivity contribution in [2.24, 2.45) is 11.8 Å². The molecule has 1 N–H and O–H groups in total. The van der Waals surface area contributed by atoms with Crippen molar-refractivity contribution in [3.05, 3.63) is 18.3 Å². The molecular weight excluding hydrogens is 236 g/mol. The molecule has 0 radical (unpaired) electrons. The van der Waals surface area contributed by atoms with Crippen molar-refractivity contribution in [2.45, 2.75) is 52.6 Å². The van der Waals surface area contributed by atoms with Crippen molar-refractivity contribution in [1.82, 2.24) is 4.98 Å². The van der Waals surface area contributed by atoms with Crippen molar-refractivity contribution in [3.8, 4) is 5.88 Å². The van der Waals surface area contributed by atoms with Crippen LogP contribution < -0.4 is 10.1 Å². The van der Waals surface area contributed by atoms with Gasteiger partial charge in [0.15, 0.2) is 0 Å². The Balaban J connectivity index is 1.91. The highest BCUT2D eigenvalue weighted by atomic mass is 16.5. The van der Waals surface area contributed by atoms with Gasteiger partial charge in [-0.1, -0.05) is 19.8 Å². The maximum atomic E-state index is 5.73. The van der Waals surface area contributed by atoms with Crippen LogP contribution in [0.25, 0.3) is 0 Å². The lowest BCUT2D eigenvalue weighted by molar-refractivity contribution is 0.233. The van der Waals surface area contributed by atoms with Gasteiger partial charge in [-0.05, 0) is 50.7 Å². The summed E-state index contributed by atoms with van der Waals surface area (Å²) in [6.07, 6.45) is 7.39. The van der Waals surface area contributed by atoms with Gasteiger partial charge in [0, 0.05) is 12.7 Å². The highest BCUT2D eigenvalue weighted by molar-refractivity contribution is 5.52. The number of aromatic nitrogens is 1. The minimum Gasteiger partial charge on any atom is -0.473 e. The van der Waals surface area contributed by atoms with E-state index in [4.69, 9.17) is 4.74 Å². The molecule has 0 bridgehead atoms. The molecule has 1 aromatic heterocycles. The summed E-state index contributed by atoms with van der Waals surface area (Å²) in [6, 6.07) is 4.01. The summed E-state index contributed by atoms with van der Waals surface area (Å²) in [5.41, 5.74) is 1.02. The molecule has 2 rings (SSSR count). The normalized spacial score (nSPS) is 23.4. The molecular formula is C16H26N2O. The Morgan fingerprint density at radius 2 is 2.26 bits per heavy atom. The van der Waals surface area contributed by atoms with Crippen LogP contribution in [0.1, 0.15) is 46.5 Å². The first kappa shape index (κ1) is 14.2. The maximum absolute atomic E-state index is 5.73. The fraction of sp³-hybridized carbons (Fsp3) is 0.688. The number of anilines is 1. The van der Waals surface area contributed by atoms with E-state index in [9.17, 15) is 0 Å². The average molecular weight is 262 g/mol. The van der Waals surface area contributed by atoms with Crippen LogP contribution in [0.3, 0.4) is 0 Å². The van der Waals surface area contributed by atoms with Gasteiger partial charge in [0.2, 0.25) is 5.88 Å². The van der Waals surface area contributed by atoms with Crippen LogP contribution in [0, 0.1) is 11.8 Å². The Labute approximate surface area is 116 Å². The summed E-state index contributed by atoms with van der Waals surface area (Å²) < 4.78 is 5.73. The van der Waals surface area contributed by atoms with Gasteiger partial charge >= 0.3 is 0 Å². The van der Waals surface area contributed by atoms with Crippen LogP contribution in [0.4, 0.5) is 5.69 Å². The second-order valence-corrected chi connectivity index (χ2v) is 6.04. The van der Waals surface area contributed by atoms with E-state index < -0.39 is 0 Å². The van der Waals surface area contributed by atoms with Crippen molar-refractivity contribution in [3.63, 3.8) is 0 Å². The summed E-state index contributed by atoms with van der Waals surface area (Å²) >= 11 is 0. The zero-order chi connectivity index (χ0) is 13.7. The van der Waals surface area contributed by atoms with E-state index in [0.29, 0.717) is 0 Å². The molecule has 0 amide bonds. The van der Waals surface area contributed by atoms with Crippen LogP contribution in [-0.2, 0) is 0 Å². The van der Waals surface area contributed by atoms with Gasteiger partial charge in [-0.25, -0.2) is 4.98 Å². The van der Waals surface area contributed by atoms with Crippen molar-refractivity contribution >= 4 is 5.69 Å². The van der Waals surface area contributed by atoms with E-state index in [1.54, 1.807) is 6.20 Å². The summed E-state index contributed by atoms with van der Waals surface area (Å²) in [6.45, 7) is 7.45. The molecule has 3 heteroatoms. The monoisotopic (exact) mass is 262 g/mol. The molecule has 0 spiro atoms. The Bertz CT molecular complexity index is 392. The van der Waals surface area contributed by atoms with Crippen LogP contribution in [0.5, 0.6) is 5.88 Å². The molecule has 1 aliphatic rings. The van der Waals surface area contributed by atoms with E-state index in [2.05, 4.69) is 23.3 Å². The standard InChI is InChI=1S/C16H26N2O/c1-12(2)19-16-15(8-5-9-17-16)18-11-14-7-4-6-13(3)10-14/h5,8-9,12-14,18H,4,6-7,10-11H2,1-3H3. The van der Waals surface area contributed by atoms with Crippen LogP contribution in [0.15, 0.2) is 18.3 Å². The number of ether oxygens (including phenoxy) is 1. The Morgan fingerprint density at radius 3 is 3.00 bits per heavy atom. The Hall–Kier alpha value is -1.25. The number of nitrogens with zero attached hydrogens (tertiary/aromatic N) is 1. The fourth-order valence-corrected chi connectivity index (χ4v) is 2.84. The third kappa shape index (κ3) is 4.41. The van der Waals surface area contributed by atoms with E-state index in [1.807, 2.05) is 19.9 Å². The first-order valence-corrected chi connectivity index (χ1v) is 7.50. The SMILES string of the molecule is CC1CCCC(CNc2cccnc2OC(C)C)C1. The smallest absolute Gasteiger partial charge is 0.237 e. The predicted molar refractivity (Wildman–Crippen MR) is 79.6 cm³/mol. The molecule has 1 saturated carbocycles. The second kappa shape index (κ2) is 6.78. The molecule has 3 nitrogen and oxygen atoms in total. The summed E-state index contributed by atoms with van der Waals surface area (Å²) in [7, 11) is 0. The first-order chi connectivity index (χ1) is 9.15. The average Bonchev–Trinajstić information content (AvgIpc) is 2.37. The van der Waals surface area contributed by atoms with Gasteiger partial charge in [0.25, 0.3) is 0 Å². The first-order valence-electron chi connectivity index (χ1n) is 7.50. The zero-order valence-corrected chi connectivity index (χ0v) is 12.4. The summed E-state index contributed by atoms with van der Waals surface area (Å²) in [4.78, 5) is 4.31. The topological polar surface area (TPSA) is 34.2 Å². The summed E-state index contributed by atoms with van der Waals surface area (Å²) in [5, 5.41) is 3.52. The van der Waals surface area contributed by atoms with Crippen molar-refractivity contribution in [2.75, 3.05) is 11.9 Å². The Kier molecular flexibility index (Phi) is 5.06. The van der Waals surface area contributed by atoms with Gasteiger partial charge in [0.1, 0.15) is 0 Å². The minimum absolute atomic E-state index is 0.158. The molecule has 1 heterocycles. The van der Waals surface area contributed by atoms with Crippen LogP contribution in [-0.4, -0.2) is 17.6 Å². The van der Waals surface area contributed by atoms with E-state index in [1.165, 1.54) is 25.7 Å². The molecule has 0 aliphatic heterocycles. The molecule has 1 aromatic rings. The number of hydrogen-bond acceptors (Lipinski definition) is 3. The number of nitrogens with one attached hydrogen (secondary N) is 1. The fourth-order valence-electron chi connectivity index (χ4n) is 2.84. The van der Waals surface area contributed by atoms with E-state index in [0.717, 1.165) is 29.9 Å². The molecule has 106 valence electrons. The predicted octanol–water partition coefficient (Wildman–Crippen LogP) is 4.11. The molecule has 1 aliphatic carbocycles. The molecule has 0 saturated heterocycles. The lowest BCUT2D eigenvalue weighted by atomic mass is 9.82. The van der Waals surface area contributed by atoms with Crippen molar-refractivity contribution in [1.29, 1.82) is 0 Å². The van der Waals surface area contributed by atoms with E-state index >= 15 is 0 Å². The second-order valence-electron chi connectivity index (χ2n) is 6.04. The largest absolute Gasteiger partial charge is 0.473 e. The van der Waals surface area contributed by atoms with Gasteiger partial charge in [0.05, 0.1) is 11.8 Å². The molecule has 0 aromatic carbocycles. The quantitative estimate of drug-likeness (QED) is 0.867. The van der Waals surface area contributed by atoms with Gasteiger partial charge in [-0.3, -0.25) is 0 Å². The van der Waals surface area contributed by atoms with Gasteiger partial charge in [-0.15, -0.1) is 0 Å². The highest BCUT2D eigenvalue weighted by Crippen LogP contribution is 2.29. The third-order valence-corrected chi connectivity index (χ3v) is 3.74. The number of rotatable bonds is 5. The lowest BCUT2D eigenvalue weighted by Crippen LogP contribution is -2.21. The van der Waals surface area contributed by atoms with Crippen LogP contribution in [0.2, 0.25) is 0 Å². The molecule has 1 fully saturated rings. The maximum Gasteiger partial charge on any atom is 0.237 e. The molecule has 19 heavy (non-hydrogen) atoms. The lowest BCUT2D eigenvalue weighted by Gasteiger charge is -2.27. The third-order valence-electron chi connectivity index (χ3n) is 3.74. The summed E-state index contributed by atoms with van der Waals surface area (Å²) in [5.74, 6) is 2.39.